The fourth-order valence-electron chi connectivity index (χ4n) is 4.91. The van der Waals surface area contributed by atoms with Crippen LogP contribution in [0.25, 0.3) is 0 Å². The summed E-state index contributed by atoms with van der Waals surface area (Å²) < 4.78 is 5.75. The number of carbonyl (C=O) groups is 1. The lowest BCUT2D eigenvalue weighted by Crippen LogP contribution is -2.28. The van der Waals surface area contributed by atoms with E-state index in [1.165, 1.54) is 89.9 Å². The minimum absolute atomic E-state index is 0.00836. The topological polar surface area (TPSA) is 75.8 Å². The van der Waals surface area contributed by atoms with Crippen LogP contribution in [0.3, 0.4) is 0 Å². The summed E-state index contributed by atoms with van der Waals surface area (Å²) in [6, 6.07) is 0. The number of esters is 1. The van der Waals surface area contributed by atoms with Crippen molar-refractivity contribution in [2.24, 2.45) is 11.7 Å². The van der Waals surface area contributed by atoms with Crippen molar-refractivity contribution in [3.8, 4) is 0 Å². The molecule has 5 heteroatoms. The van der Waals surface area contributed by atoms with E-state index in [2.05, 4.69) is 18.7 Å². The number of nitrogens with zero attached hydrogens (tertiary/aromatic N) is 1. The van der Waals surface area contributed by atoms with Crippen molar-refractivity contribution in [3.63, 3.8) is 0 Å². The second-order valence-electron chi connectivity index (χ2n) is 10.9. The summed E-state index contributed by atoms with van der Waals surface area (Å²) >= 11 is 0. The molecule has 36 heavy (non-hydrogen) atoms. The average molecular weight is 513 g/mol. The van der Waals surface area contributed by atoms with Crippen LogP contribution in [-0.4, -0.2) is 55.4 Å². The van der Waals surface area contributed by atoms with Crippen molar-refractivity contribution in [2.45, 2.75) is 149 Å². The highest BCUT2D eigenvalue weighted by atomic mass is 16.5. The molecule has 216 valence electrons. The fourth-order valence-corrected chi connectivity index (χ4v) is 4.91. The molecule has 0 aromatic rings. The third-order valence-electron chi connectivity index (χ3n) is 7.33. The lowest BCUT2D eigenvalue weighted by Gasteiger charge is -2.21. The molecular weight excluding hydrogens is 448 g/mol. The van der Waals surface area contributed by atoms with Crippen molar-refractivity contribution in [2.75, 3.05) is 39.4 Å². The largest absolute Gasteiger partial charge is 0.465 e. The van der Waals surface area contributed by atoms with Crippen LogP contribution in [0.5, 0.6) is 0 Å². The Labute approximate surface area is 225 Å². The number of hydrogen-bond acceptors (Lipinski definition) is 5. The monoisotopic (exact) mass is 512 g/mol. The van der Waals surface area contributed by atoms with E-state index >= 15 is 0 Å². The Balaban J connectivity index is 4.13. The Hall–Kier alpha value is -0.650. The van der Waals surface area contributed by atoms with Crippen molar-refractivity contribution in [3.05, 3.63) is 0 Å². The summed E-state index contributed by atoms with van der Waals surface area (Å²) in [5.74, 6) is 0.533. The van der Waals surface area contributed by atoms with Crippen LogP contribution in [0.1, 0.15) is 149 Å². The summed E-state index contributed by atoms with van der Waals surface area (Å²) in [4.78, 5) is 14.8. The molecule has 0 bridgehead atoms. The maximum Gasteiger partial charge on any atom is 0.305 e. The molecule has 0 aromatic heterocycles. The molecule has 0 aliphatic carbocycles. The van der Waals surface area contributed by atoms with Gasteiger partial charge >= 0.3 is 5.97 Å². The SMILES string of the molecule is CCCCCCCCC(CCCCCCCC)COC(=O)CCCCCN(CCCO)CCCCN. The van der Waals surface area contributed by atoms with Gasteiger partial charge in [0.05, 0.1) is 6.61 Å². The van der Waals surface area contributed by atoms with Crippen LogP contribution in [0.2, 0.25) is 0 Å². The van der Waals surface area contributed by atoms with E-state index < -0.39 is 0 Å². The second kappa shape index (κ2) is 28.9. The quantitative estimate of drug-likeness (QED) is 0.0796. The summed E-state index contributed by atoms with van der Waals surface area (Å²) in [5.41, 5.74) is 5.62. The number of nitrogens with two attached hydrogens (primary N) is 1. The van der Waals surface area contributed by atoms with E-state index in [1.54, 1.807) is 0 Å². The van der Waals surface area contributed by atoms with E-state index in [0.717, 1.165) is 64.7 Å². The van der Waals surface area contributed by atoms with Gasteiger partial charge in [0.2, 0.25) is 0 Å². The Morgan fingerprint density at radius 2 is 1.19 bits per heavy atom. The predicted molar refractivity (Wildman–Crippen MR) is 155 cm³/mol. The van der Waals surface area contributed by atoms with E-state index in [-0.39, 0.29) is 12.6 Å². The maximum absolute atomic E-state index is 12.4. The van der Waals surface area contributed by atoms with Gasteiger partial charge in [0.25, 0.3) is 0 Å². The molecule has 3 N–H and O–H groups in total. The Bertz CT molecular complexity index is 432. The molecule has 0 saturated heterocycles. The standard InChI is InChI=1S/C31H64N2O3/c1-3-5-7-9-11-14-21-30(22-15-12-10-8-6-4-2)29-36-31(35)23-16-13-18-25-33(27-20-28-34)26-19-17-24-32/h30,34H,3-29,32H2,1-2H3. The third-order valence-corrected chi connectivity index (χ3v) is 7.33. The number of carbonyl (C=O) groups excluding carboxylic acids is 1. The molecule has 0 aliphatic heterocycles. The lowest BCUT2D eigenvalue weighted by molar-refractivity contribution is -0.145. The van der Waals surface area contributed by atoms with E-state index in [0.29, 0.717) is 18.9 Å². The van der Waals surface area contributed by atoms with E-state index in [1.807, 2.05) is 0 Å². The summed E-state index contributed by atoms with van der Waals surface area (Å²) in [5, 5.41) is 9.13. The predicted octanol–water partition coefficient (Wildman–Crippen LogP) is 7.63. The summed E-state index contributed by atoms with van der Waals surface area (Å²) in [6.45, 7) is 9.19. The molecular formula is C31H64N2O3. The van der Waals surface area contributed by atoms with Crippen LogP contribution >= 0.6 is 0 Å². The molecule has 0 spiro atoms. The van der Waals surface area contributed by atoms with Crippen LogP contribution < -0.4 is 5.73 Å². The number of hydrogen-bond donors (Lipinski definition) is 2. The van der Waals surface area contributed by atoms with Gasteiger partial charge in [0.1, 0.15) is 0 Å². The minimum atomic E-state index is -0.00836. The highest BCUT2D eigenvalue weighted by Crippen LogP contribution is 2.20. The zero-order chi connectivity index (χ0) is 26.5. The zero-order valence-electron chi connectivity index (χ0n) is 24.5. The molecule has 0 aromatic carbocycles. The van der Waals surface area contributed by atoms with Crippen LogP contribution in [0.15, 0.2) is 0 Å². The molecule has 0 radical (unpaired) electrons. The van der Waals surface area contributed by atoms with Gasteiger partial charge in [-0.2, -0.15) is 0 Å². The number of rotatable bonds is 29. The van der Waals surface area contributed by atoms with Crippen molar-refractivity contribution < 1.29 is 14.6 Å². The minimum Gasteiger partial charge on any atom is -0.465 e. The van der Waals surface area contributed by atoms with Crippen LogP contribution in [0.4, 0.5) is 0 Å². The summed E-state index contributed by atoms with van der Waals surface area (Å²) in [6.07, 6.45) is 25.0. The van der Waals surface area contributed by atoms with Gasteiger partial charge in [-0.05, 0) is 70.5 Å². The Morgan fingerprint density at radius 1 is 0.694 bits per heavy atom. The van der Waals surface area contributed by atoms with Crippen molar-refractivity contribution >= 4 is 5.97 Å². The van der Waals surface area contributed by atoms with Crippen molar-refractivity contribution in [1.29, 1.82) is 0 Å². The van der Waals surface area contributed by atoms with Gasteiger partial charge in [-0.15, -0.1) is 0 Å². The highest BCUT2D eigenvalue weighted by molar-refractivity contribution is 5.69. The normalized spacial score (nSPS) is 11.6. The van der Waals surface area contributed by atoms with Crippen LogP contribution in [-0.2, 0) is 9.53 Å². The van der Waals surface area contributed by atoms with Gasteiger partial charge < -0.3 is 20.5 Å². The maximum atomic E-state index is 12.4. The molecule has 0 heterocycles. The second-order valence-corrected chi connectivity index (χ2v) is 10.9. The lowest BCUT2D eigenvalue weighted by atomic mass is 9.94. The smallest absolute Gasteiger partial charge is 0.305 e. The highest BCUT2D eigenvalue weighted by Gasteiger charge is 2.12. The summed E-state index contributed by atoms with van der Waals surface area (Å²) in [7, 11) is 0. The molecule has 0 amide bonds. The first-order chi connectivity index (χ1) is 17.7. The molecule has 5 nitrogen and oxygen atoms in total. The number of aliphatic hydroxyl groups excluding tert-OH is 1. The molecule has 0 rings (SSSR count). The molecule has 0 aliphatic rings. The number of aliphatic hydroxyl groups is 1. The van der Waals surface area contributed by atoms with Gasteiger partial charge in [-0.25, -0.2) is 0 Å². The molecule has 0 fully saturated rings. The van der Waals surface area contributed by atoms with E-state index in [9.17, 15) is 4.79 Å². The first-order valence-corrected chi connectivity index (χ1v) is 15.9. The third kappa shape index (κ3) is 25.0. The van der Waals surface area contributed by atoms with E-state index in [4.69, 9.17) is 15.6 Å². The van der Waals surface area contributed by atoms with Crippen molar-refractivity contribution in [1.82, 2.24) is 4.90 Å². The van der Waals surface area contributed by atoms with Gasteiger partial charge in [0, 0.05) is 19.6 Å². The van der Waals surface area contributed by atoms with Gasteiger partial charge in [-0.1, -0.05) is 97.3 Å². The zero-order valence-corrected chi connectivity index (χ0v) is 24.5. The van der Waals surface area contributed by atoms with Crippen LogP contribution in [0, 0.1) is 5.92 Å². The Kier molecular flexibility index (Phi) is 28.4. The first kappa shape index (κ1) is 35.4. The number of unbranched alkanes of at least 4 members (excludes halogenated alkanes) is 13. The first-order valence-electron chi connectivity index (χ1n) is 15.9. The molecule has 0 saturated carbocycles. The Morgan fingerprint density at radius 3 is 1.75 bits per heavy atom. The van der Waals surface area contributed by atoms with Gasteiger partial charge in [0.15, 0.2) is 0 Å². The number of ether oxygens (including phenoxy) is 1. The average Bonchev–Trinajstić information content (AvgIpc) is 2.88. The van der Waals surface area contributed by atoms with Gasteiger partial charge in [-0.3, -0.25) is 4.79 Å². The fraction of sp³-hybridized carbons (Fsp3) is 0.968. The molecule has 0 atom stereocenters. The molecule has 0 unspecified atom stereocenters.